The lowest BCUT2D eigenvalue weighted by atomic mass is 9.97. The molecule has 32 heavy (non-hydrogen) atoms. The lowest BCUT2D eigenvalue weighted by Crippen LogP contribution is -2.45. The number of nitrogens with one attached hydrogen (secondary N) is 1. The van der Waals surface area contributed by atoms with Crippen LogP contribution in [0.5, 0.6) is 0 Å². The molecule has 3 heterocycles. The maximum Gasteiger partial charge on any atom is 0.273 e. The molecule has 1 atom stereocenters. The fraction of sp³-hybridized carbons (Fsp3) is 0.480. The van der Waals surface area contributed by atoms with Gasteiger partial charge in [-0.2, -0.15) is 0 Å². The topological polar surface area (TPSA) is 67.2 Å². The van der Waals surface area contributed by atoms with Crippen molar-refractivity contribution in [3.8, 4) is 0 Å². The van der Waals surface area contributed by atoms with Gasteiger partial charge in [0.1, 0.15) is 4.70 Å². The summed E-state index contributed by atoms with van der Waals surface area (Å²) in [5.41, 5.74) is 2.98. The molecule has 0 radical (unpaired) electrons. The van der Waals surface area contributed by atoms with Crippen LogP contribution in [0.4, 0.5) is 5.95 Å². The van der Waals surface area contributed by atoms with Gasteiger partial charge in [-0.3, -0.25) is 14.2 Å². The van der Waals surface area contributed by atoms with Crippen LogP contribution in [-0.4, -0.2) is 35.1 Å². The standard InChI is InChI=1S/C25H32N4O2S/c1-17(2)10-12-26-23(30)20-5-4-13-28(16-20)25-27-21-11-14-32-22(21)24(31)29(25)15-19-8-6-18(3)7-9-19/h6-9,11,14,17,20H,4-5,10,12-13,15-16H2,1-3H3,(H,26,30). The average Bonchev–Trinajstić information content (AvgIpc) is 3.26. The van der Waals surface area contributed by atoms with Crippen LogP contribution in [0.3, 0.4) is 0 Å². The second-order valence-corrected chi connectivity index (χ2v) is 10.1. The zero-order valence-corrected chi connectivity index (χ0v) is 20.0. The van der Waals surface area contributed by atoms with Gasteiger partial charge in [0.05, 0.1) is 18.0 Å². The van der Waals surface area contributed by atoms with Crippen LogP contribution in [-0.2, 0) is 11.3 Å². The predicted molar refractivity (Wildman–Crippen MR) is 132 cm³/mol. The summed E-state index contributed by atoms with van der Waals surface area (Å²) in [5, 5.41) is 5.02. The van der Waals surface area contributed by atoms with Gasteiger partial charge < -0.3 is 10.2 Å². The van der Waals surface area contributed by atoms with Crippen molar-refractivity contribution in [2.75, 3.05) is 24.5 Å². The third kappa shape index (κ3) is 5.04. The van der Waals surface area contributed by atoms with Crippen molar-refractivity contribution in [3.05, 3.63) is 57.2 Å². The Morgan fingerprint density at radius 2 is 2.03 bits per heavy atom. The average molecular weight is 453 g/mol. The number of thiophene rings is 1. The van der Waals surface area contributed by atoms with E-state index >= 15 is 0 Å². The van der Waals surface area contributed by atoms with Crippen molar-refractivity contribution in [2.45, 2.75) is 46.6 Å². The van der Waals surface area contributed by atoms with Crippen LogP contribution < -0.4 is 15.8 Å². The monoisotopic (exact) mass is 452 g/mol. The zero-order chi connectivity index (χ0) is 22.7. The van der Waals surface area contributed by atoms with E-state index in [1.807, 2.05) is 11.4 Å². The molecule has 0 aliphatic carbocycles. The van der Waals surface area contributed by atoms with Gasteiger partial charge in [-0.05, 0) is 49.1 Å². The molecule has 1 unspecified atom stereocenters. The highest BCUT2D eigenvalue weighted by Gasteiger charge is 2.28. The lowest BCUT2D eigenvalue weighted by molar-refractivity contribution is -0.125. The van der Waals surface area contributed by atoms with Crippen molar-refractivity contribution in [3.63, 3.8) is 0 Å². The number of aromatic nitrogens is 2. The minimum atomic E-state index is -0.0844. The Morgan fingerprint density at radius 3 is 2.78 bits per heavy atom. The van der Waals surface area contributed by atoms with E-state index in [4.69, 9.17) is 4.98 Å². The Kier molecular flexibility index (Phi) is 6.94. The van der Waals surface area contributed by atoms with E-state index in [1.165, 1.54) is 16.9 Å². The van der Waals surface area contributed by atoms with Gasteiger partial charge in [-0.25, -0.2) is 4.98 Å². The summed E-state index contributed by atoms with van der Waals surface area (Å²) in [6.07, 6.45) is 2.76. The molecule has 1 aromatic carbocycles. The maximum absolute atomic E-state index is 13.4. The molecule has 2 aromatic heterocycles. The first-order chi connectivity index (χ1) is 15.4. The molecular formula is C25H32N4O2S. The van der Waals surface area contributed by atoms with Crippen molar-refractivity contribution < 1.29 is 4.79 Å². The summed E-state index contributed by atoms with van der Waals surface area (Å²) in [7, 11) is 0. The maximum atomic E-state index is 13.4. The van der Waals surface area contributed by atoms with Gasteiger partial charge in [0, 0.05) is 19.6 Å². The van der Waals surface area contributed by atoms with E-state index in [0.717, 1.165) is 36.9 Å². The Bertz CT molecular complexity index is 1130. The molecule has 1 aliphatic rings. The van der Waals surface area contributed by atoms with E-state index in [2.05, 4.69) is 55.3 Å². The zero-order valence-electron chi connectivity index (χ0n) is 19.1. The van der Waals surface area contributed by atoms with Crippen molar-refractivity contribution in [2.24, 2.45) is 11.8 Å². The van der Waals surface area contributed by atoms with Gasteiger partial charge in [0.2, 0.25) is 11.9 Å². The molecule has 4 rings (SSSR count). The van der Waals surface area contributed by atoms with Crippen molar-refractivity contribution >= 4 is 33.4 Å². The molecule has 1 aliphatic heterocycles. The highest BCUT2D eigenvalue weighted by Crippen LogP contribution is 2.25. The molecule has 1 fully saturated rings. The summed E-state index contributed by atoms with van der Waals surface area (Å²) in [4.78, 5) is 33.2. The summed E-state index contributed by atoms with van der Waals surface area (Å²) in [6, 6.07) is 10.2. The SMILES string of the molecule is Cc1ccc(Cn2c(N3CCCC(C(=O)NCCC(C)C)C3)nc3ccsc3c2=O)cc1. The van der Waals surface area contributed by atoms with Crippen molar-refractivity contribution in [1.29, 1.82) is 0 Å². The largest absolute Gasteiger partial charge is 0.356 e. The summed E-state index contributed by atoms with van der Waals surface area (Å²) < 4.78 is 2.46. The van der Waals surface area contributed by atoms with E-state index in [-0.39, 0.29) is 17.4 Å². The number of carbonyl (C=O) groups is 1. The molecule has 7 heteroatoms. The smallest absolute Gasteiger partial charge is 0.273 e. The van der Waals surface area contributed by atoms with E-state index in [0.29, 0.717) is 36.2 Å². The molecular weight excluding hydrogens is 420 g/mol. The van der Waals surface area contributed by atoms with Crippen LogP contribution in [0.2, 0.25) is 0 Å². The molecule has 3 aromatic rings. The predicted octanol–water partition coefficient (Wildman–Crippen LogP) is 4.19. The first kappa shape index (κ1) is 22.5. The number of anilines is 1. The highest BCUT2D eigenvalue weighted by molar-refractivity contribution is 7.17. The van der Waals surface area contributed by atoms with Gasteiger partial charge in [0.15, 0.2) is 0 Å². The molecule has 1 amide bonds. The Morgan fingerprint density at radius 1 is 1.25 bits per heavy atom. The number of piperidine rings is 1. The van der Waals surface area contributed by atoms with Gasteiger partial charge in [-0.15, -0.1) is 11.3 Å². The quantitative estimate of drug-likeness (QED) is 0.584. The number of aryl methyl sites for hydroxylation is 1. The third-order valence-electron chi connectivity index (χ3n) is 6.10. The molecule has 0 bridgehead atoms. The van der Waals surface area contributed by atoms with Gasteiger partial charge >= 0.3 is 0 Å². The first-order valence-corrected chi connectivity index (χ1v) is 12.4. The van der Waals surface area contributed by atoms with E-state index < -0.39 is 0 Å². The summed E-state index contributed by atoms with van der Waals surface area (Å²) >= 11 is 1.43. The second-order valence-electron chi connectivity index (χ2n) is 9.18. The van der Waals surface area contributed by atoms with Crippen LogP contribution in [0.25, 0.3) is 10.2 Å². The fourth-order valence-corrected chi connectivity index (χ4v) is 4.97. The minimum Gasteiger partial charge on any atom is -0.356 e. The van der Waals surface area contributed by atoms with Gasteiger partial charge in [0.25, 0.3) is 5.56 Å². The normalized spacial score (nSPS) is 16.6. The first-order valence-electron chi connectivity index (χ1n) is 11.5. The van der Waals surface area contributed by atoms with Crippen LogP contribution in [0, 0.1) is 18.8 Å². The molecule has 0 saturated carbocycles. The number of fused-ring (bicyclic) bond motifs is 1. The molecule has 0 spiro atoms. The molecule has 6 nitrogen and oxygen atoms in total. The van der Waals surface area contributed by atoms with Crippen LogP contribution >= 0.6 is 11.3 Å². The Labute approximate surface area is 193 Å². The number of hydrogen-bond acceptors (Lipinski definition) is 5. The number of nitrogens with zero attached hydrogens (tertiary/aromatic N) is 3. The fourth-order valence-electron chi connectivity index (χ4n) is 4.19. The minimum absolute atomic E-state index is 0.0101. The molecule has 170 valence electrons. The third-order valence-corrected chi connectivity index (χ3v) is 6.99. The second kappa shape index (κ2) is 9.86. The molecule has 1 saturated heterocycles. The number of amides is 1. The van der Waals surface area contributed by atoms with E-state index in [1.54, 1.807) is 4.57 Å². The highest BCUT2D eigenvalue weighted by atomic mass is 32.1. The summed E-state index contributed by atoms with van der Waals surface area (Å²) in [5.74, 6) is 1.26. The Balaban J connectivity index is 1.61. The van der Waals surface area contributed by atoms with Gasteiger partial charge in [-0.1, -0.05) is 43.7 Å². The van der Waals surface area contributed by atoms with Crippen LogP contribution in [0.15, 0.2) is 40.5 Å². The number of hydrogen-bond donors (Lipinski definition) is 1. The number of rotatable bonds is 7. The summed E-state index contributed by atoms with van der Waals surface area (Å²) in [6.45, 7) is 8.94. The van der Waals surface area contributed by atoms with E-state index in [9.17, 15) is 9.59 Å². The van der Waals surface area contributed by atoms with Crippen LogP contribution in [0.1, 0.15) is 44.2 Å². The number of benzene rings is 1. The van der Waals surface area contributed by atoms with Crippen molar-refractivity contribution in [1.82, 2.24) is 14.9 Å². The molecule has 1 N–H and O–H groups in total. The number of carbonyl (C=O) groups excluding carboxylic acids is 1. The lowest BCUT2D eigenvalue weighted by Gasteiger charge is -2.34. The Hall–Kier alpha value is -2.67.